The monoisotopic (exact) mass is 453 g/mol. The highest BCUT2D eigenvalue weighted by Crippen LogP contribution is 2.28. The van der Waals surface area contributed by atoms with E-state index in [1.165, 1.54) is 43.7 Å². The summed E-state index contributed by atoms with van der Waals surface area (Å²) >= 11 is 0. The van der Waals surface area contributed by atoms with Crippen LogP contribution in [0.4, 0.5) is 15.8 Å². The molecule has 0 fully saturated rings. The van der Waals surface area contributed by atoms with Crippen molar-refractivity contribution in [3.63, 3.8) is 0 Å². The Hall–Kier alpha value is -4.14. The van der Waals surface area contributed by atoms with Gasteiger partial charge in [-0.15, -0.1) is 0 Å². The van der Waals surface area contributed by atoms with Gasteiger partial charge in [0.1, 0.15) is 17.6 Å². The average molecular weight is 453 g/mol. The van der Waals surface area contributed by atoms with Gasteiger partial charge in [-0.1, -0.05) is 19.9 Å². The molecule has 1 unspecified atom stereocenters. The van der Waals surface area contributed by atoms with E-state index in [4.69, 9.17) is 9.15 Å². The Labute approximate surface area is 190 Å². The first kappa shape index (κ1) is 23.5. The van der Waals surface area contributed by atoms with Gasteiger partial charge in [-0.05, 0) is 54.4 Å². The SMILES string of the molecule is COc1ccc(NC(=O)C(NC(=O)c2ccco2)C(C)C)cc1NC(=O)c1cccc(F)c1. The molecule has 33 heavy (non-hydrogen) atoms. The highest BCUT2D eigenvalue weighted by molar-refractivity contribution is 6.06. The summed E-state index contributed by atoms with van der Waals surface area (Å²) in [4.78, 5) is 37.7. The van der Waals surface area contributed by atoms with Crippen molar-refractivity contribution in [1.29, 1.82) is 0 Å². The number of methoxy groups -OCH3 is 1. The number of hydrogen-bond acceptors (Lipinski definition) is 5. The van der Waals surface area contributed by atoms with Crippen LogP contribution in [0, 0.1) is 11.7 Å². The smallest absolute Gasteiger partial charge is 0.287 e. The molecular formula is C24H24FN3O5. The third-order valence-corrected chi connectivity index (χ3v) is 4.78. The fourth-order valence-corrected chi connectivity index (χ4v) is 3.08. The van der Waals surface area contributed by atoms with Crippen molar-refractivity contribution in [1.82, 2.24) is 5.32 Å². The molecule has 0 radical (unpaired) electrons. The van der Waals surface area contributed by atoms with Gasteiger partial charge in [0.25, 0.3) is 11.8 Å². The standard InChI is InChI=1S/C24H24FN3O5/c1-14(2)21(28-23(30)20-8-5-11-33-20)24(31)26-17-9-10-19(32-3)18(13-17)27-22(29)15-6-4-7-16(25)12-15/h4-14,21H,1-3H3,(H,26,31)(H,27,29)(H,28,30). The third kappa shape index (κ3) is 5.97. The van der Waals surface area contributed by atoms with Crippen molar-refractivity contribution in [2.45, 2.75) is 19.9 Å². The molecule has 1 heterocycles. The summed E-state index contributed by atoms with van der Waals surface area (Å²) in [5.74, 6) is -1.79. The molecule has 172 valence electrons. The molecule has 0 aliphatic carbocycles. The van der Waals surface area contributed by atoms with E-state index >= 15 is 0 Å². The number of anilines is 2. The van der Waals surface area contributed by atoms with E-state index < -0.39 is 29.6 Å². The minimum atomic E-state index is -0.838. The van der Waals surface area contributed by atoms with Crippen LogP contribution < -0.4 is 20.7 Å². The summed E-state index contributed by atoms with van der Waals surface area (Å²) < 4.78 is 23.8. The van der Waals surface area contributed by atoms with E-state index in [2.05, 4.69) is 16.0 Å². The van der Waals surface area contributed by atoms with Gasteiger partial charge in [-0.3, -0.25) is 14.4 Å². The van der Waals surface area contributed by atoms with E-state index in [1.807, 2.05) is 0 Å². The molecule has 3 amide bonds. The number of carbonyl (C=O) groups is 3. The van der Waals surface area contributed by atoms with Gasteiger partial charge in [-0.25, -0.2) is 4.39 Å². The molecule has 8 nitrogen and oxygen atoms in total. The Morgan fingerprint density at radius 2 is 1.76 bits per heavy atom. The summed E-state index contributed by atoms with van der Waals surface area (Å²) in [7, 11) is 1.43. The molecule has 0 saturated carbocycles. The number of rotatable bonds is 8. The molecule has 0 saturated heterocycles. The molecule has 0 bridgehead atoms. The van der Waals surface area contributed by atoms with Crippen LogP contribution in [-0.2, 0) is 4.79 Å². The maximum atomic E-state index is 13.5. The average Bonchev–Trinajstić information content (AvgIpc) is 3.32. The zero-order chi connectivity index (χ0) is 24.0. The number of amides is 3. The highest BCUT2D eigenvalue weighted by atomic mass is 19.1. The second-order valence-electron chi connectivity index (χ2n) is 7.54. The summed E-state index contributed by atoms with van der Waals surface area (Å²) in [5.41, 5.74) is 0.783. The summed E-state index contributed by atoms with van der Waals surface area (Å²) in [5, 5.41) is 8.05. The molecule has 3 N–H and O–H groups in total. The Bertz CT molecular complexity index is 1140. The van der Waals surface area contributed by atoms with E-state index in [1.54, 1.807) is 32.0 Å². The predicted molar refractivity (Wildman–Crippen MR) is 121 cm³/mol. The number of halogens is 1. The first-order chi connectivity index (χ1) is 15.8. The number of furan rings is 1. The zero-order valence-electron chi connectivity index (χ0n) is 18.3. The Balaban J connectivity index is 1.76. The fourth-order valence-electron chi connectivity index (χ4n) is 3.08. The summed E-state index contributed by atoms with van der Waals surface area (Å²) in [6.45, 7) is 3.59. The van der Waals surface area contributed by atoms with Crippen molar-refractivity contribution < 1.29 is 27.9 Å². The minimum Gasteiger partial charge on any atom is -0.495 e. The first-order valence-electron chi connectivity index (χ1n) is 10.2. The van der Waals surface area contributed by atoms with Crippen molar-refractivity contribution in [3.8, 4) is 5.75 Å². The lowest BCUT2D eigenvalue weighted by molar-refractivity contribution is -0.118. The quantitative estimate of drug-likeness (QED) is 0.476. The predicted octanol–water partition coefficient (Wildman–Crippen LogP) is 4.07. The maximum absolute atomic E-state index is 13.5. The van der Waals surface area contributed by atoms with Gasteiger partial charge in [0, 0.05) is 11.3 Å². The van der Waals surface area contributed by atoms with Gasteiger partial charge < -0.3 is 25.1 Å². The van der Waals surface area contributed by atoms with Crippen LogP contribution in [0.25, 0.3) is 0 Å². The van der Waals surface area contributed by atoms with Crippen molar-refractivity contribution in [3.05, 3.63) is 78.0 Å². The molecule has 3 aromatic rings. The van der Waals surface area contributed by atoms with Gasteiger partial charge in [0.15, 0.2) is 5.76 Å². The molecule has 0 aliphatic rings. The van der Waals surface area contributed by atoms with Crippen LogP contribution in [0.1, 0.15) is 34.8 Å². The second kappa shape index (κ2) is 10.4. The van der Waals surface area contributed by atoms with E-state index in [9.17, 15) is 18.8 Å². The van der Waals surface area contributed by atoms with Gasteiger partial charge in [0.05, 0.1) is 19.1 Å². The molecular weight excluding hydrogens is 429 g/mol. The number of carbonyl (C=O) groups excluding carboxylic acids is 3. The zero-order valence-corrected chi connectivity index (χ0v) is 18.3. The van der Waals surface area contributed by atoms with Crippen LogP contribution in [0.2, 0.25) is 0 Å². The Morgan fingerprint density at radius 1 is 0.970 bits per heavy atom. The molecule has 2 aromatic carbocycles. The van der Waals surface area contributed by atoms with Crippen LogP contribution in [0.5, 0.6) is 5.75 Å². The Morgan fingerprint density at radius 3 is 2.39 bits per heavy atom. The third-order valence-electron chi connectivity index (χ3n) is 4.78. The van der Waals surface area contributed by atoms with E-state index in [0.717, 1.165) is 6.07 Å². The highest BCUT2D eigenvalue weighted by Gasteiger charge is 2.26. The van der Waals surface area contributed by atoms with Crippen LogP contribution in [-0.4, -0.2) is 30.9 Å². The van der Waals surface area contributed by atoms with Crippen LogP contribution >= 0.6 is 0 Å². The lowest BCUT2D eigenvalue weighted by Gasteiger charge is -2.21. The molecule has 1 aromatic heterocycles. The van der Waals surface area contributed by atoms with Crippen LogP contribution in [0.15, 0.2) is 65.3 Å². The van der Waals surface area contributed by atoms with Crippen LogP contribution in [0.3, 0.4) is 0 Å². The minimum absolute atomic E-state index is 0.0974. The van der Waals surface area contributed by atoms with Crippen molar-refractivity contribution in [2.75, 3.05) is 17.7 Å². The van der Waals surface area contributed by atoms with Crippen molar-refractivity contribution >= 4 is 29.1 Å². The first-order valence-corrected chi connectivity index (χ1v) is 10.2. The normalized spacial score (nSPS) is 11.5. The molecule has 1 atom stereocenters. The number of hydrogen-bond donors (Lipinski definition) is 3. The fraction of sp³-hybridized carbons (Fsp3) is 0.208. The van der Waals surface area contributed by atoms with Gasteiger partial charge in [-0.2, -0.15) is 0 Å². The molecule has 0 aliphatic heterocycles. The number of ether oxygens (including phenoxy) is 1. The summed E-state index contributed by atoms with van der Waals surface area (Å²) in [6, 6.07) is 12.2. The molecule has 0 spiro atoms. The van der Waals surface area contributed by atoms with Gasteiger partial charge >= 0.3 is 0 Å². The van der Waals surface area contributed by atoms with Crippen molar-refractivity contribution in [2.24, 2.45) is 5.92 Å². The maximum Gasteiger partial charge on any atom is 0.287 e. The lowest BCUT2D eigenvalue weighted by atomic mass is 10.0. The lowest BCUT2D eigenvalue weighted by Crippen LogP contribution is -2.47. The Kier molecular flexibility index (Phi) is 7.45. The molecule has 9 heteroatoms. The topological polar surface area (TPSA) is 110 Å². The second-order valence-corrected chi connectivity index (χ2v) is 7.54. The largest absolute Gasteiger partial charge is 0.495 e. The summed E-state index contributed by atoms with van der Waals surface area (Å²) in [6.07, 6.45) is 1.37. The molecule has 3 rings (SSSR count). The number of nitrogens with one attached hydrogen (secondary N) is 3. The van der Waals surface area contributed by atoms with E-state index in [-0.39, 0.29) is 22.9 Å². The van der Waals surface area contributed by atoms with Gasteiger partial charge in [0.2, 0.25) is 5.91 Å². The number of benzene rings is 2. The van der Waals surface area contributed by atoms with E-state index in [0.29, 0.717) is 11.4 Å².